The van der Waals surface area contributed by atoms with E-state index in [9.17, 15) is 10.2 Å². The minimum absolute atomic E-state index is 0.0788. The van der Waals surface area contributed by atoms with Crippen molar-refractivity contribution in [3.05, 3.63) is 11.6 Å². The predicted molar refractivity (Wildman–Crippen MR) is 100 cm³/mol. The number of rotatable bonds is 0. The molecule has 1 spiro atoms. The lowest BCUT2D eigenvalue weighted by molar-refractivity contribution is -0.217. The first-order valence-electron chi connectivity index (χ1n) is 11.3. The van der Waals surface area contributed by atoms with Crippen molar-refractivity contribution in [1.82, 2.24) is 0 Å². The number of allylic oxidation sites excluding steroid dienone is 1. The molecule has 1 saturated heterocycles. The summed E-state index contributed by atoms with van der Waals surface area (Å²) in [6, 6.07) is 0. The summed E-state index contributed by atoms with van der Waals surface area (Å²) in [5.74, 6) is 2.08. The molecule has 4 nitrogen and oxygen atoms in total. The van der Waals surface area contributed by atoms with E-state index in [-0.39, 0.29) is 17.1 Å². The van der Waals surface area contributed by atoms with E-state index in [4.69, 9.17) is 9.47 Å². The van der Waals surface area contributed by atoms with Crippen LogP contribution >= 0.6 is 0 Å². The highest BCUT2D eigenvalue weighted by Gasteiger charge is 2.68. The van der Waals surface area contributed by atoms with Gasteiger partial charge in [-0.3, -0.25) is 0 Å². The van der Waals surface area contributed by atoms with E-state index in [1.807, 2.05) is 0 Å². The Morgan fingerprint density at radius 2 is 1.85 bits per heavy atom. The van der Waals surface area contributed by atoms with E-state index < -0.39 is 5.79 Å². The zero-order valence-corrected chi connectivity index (χ0v) is 16.7. The minimum Gasteiger partial charge on any atom is -0.365 e. The zero-order valence-electron chi connectivity index (χ0n) is 16.7. The van der Waals surface area contributed by atoms with Crippen LogP contribution in [0, 0.1) is 46.8 Å². The maximum absolute atomic E-state index is 10.5. The second kappa shape index (κ2) is 5.38. The summed E-state index contributed by atoms with van der Waals surface area (Å²) in [4.78, 5) is 0. The van der Waals surface area contributed by atoms with Gasteiger partial charge in [-0.25, -0.2) is 0 Å². The average molecular weight is 375 g/mol. The van der Waals surface area contributed by atoms with E-state index >= 15 is 0 Å². The fourth-order valence-corrected chi connectivity index (χ4v) is 8.50. The van der Waals surface area contributed by atoms with E-state index in [0.717, 1.165) is 32.0 Å². The summed E-state index contributed by atoms with van der Waals surface area (Å²) in [6.45, 7) is 6.13. The molecule has 0 bridgehead atoms. The Labute approximate surface area is 162 Å². The van der Waals surface area contributed by atoms with Crippen LogP contribution in [0.25, 0.3) is 0 Å². The van der Waals surface area contributed by atoms with Gasteiger partial charge in [-0.1, -0.05) is 25.5 Å². The summed E-state index contributed by atoms with van der Waals surface area (Å²) in [7, 11) is 0. The van der Waals surface area contributed by atoms with Crippen LogP contribution in [0.3, 0.4) is 0 Å². The van der Waals surface area contributed by atoms with Crippen LogP contribution in [0.2, 0.25) is 0 Å². The molecule has 2 N–H and O–H groups in total. The third-order valence-corrected chi connectivity index (χ3v) is 9.83. The van der Waals surface area contributed by atoms with Crippen molar-refractivity contribution in [2.45, 2.75) is 70.4 Å². The van der Waals surface area contributed by atoms with Crippen LogP contribution in [-0.4, -0.2) is 35.0 Å². The molecular weight excluding hydrogens is 340 g/mol. The number of fused-ring (bicyclic) bond motifs is 7. The number of hydrogen-bond acceptors (Lipinski definition) is 4. The number of ether oxygens (including phenoxy) is 2. The smallest absolute Gasteiger partial charge is 0.174 e. The summed E-state index contributed by atoms with van der Waals surface area (Å²) in [5.41, 5.74) is 1.46. The maximum Gasteiger partial charge on any atom is 0.174 e. The van der Waals surface area contributed by atoms with Gasteiger partial charge < -0.3 is 19.7 Å². The molecule has 1 heterocycles. The summed E-state index contributed by atoms with van der Waals surface area (Å²) in [6.07, 6.45) is 9.99. The average Bonchev–Trinajstić information content (AvgIpc) is 3.06. The lowest BCUT2D eigenvalue weighted by Crippen LogP contribution is -2.45. The summed E-state index contributed by atoms with van der Waals surface area (Å²) >= 11 is 0. The highest BCUT2D eigenvalue weighted by Crippen LogP contribution is 2.71. The van der Waals surface area contributed by atoms with Crippen LogP contribution in [0.4, 0.5) is 0 Å². The van der Waals surface area contributed by atoms with Crippen LogP contribution in [0.1, 0.15) is 58.8 Å². The highest BCUT2D eigenvalue weighted by atomic mass is 16.7. The van der Waals surface area contributed by atoms with Gasteiger partial charge in [0.2, 0.25) is 0 Å². The van der Waals surface area contributed by atoms with Crippen molar-refractivity contribution in [1.29, 1.82) is 0 Å². The molecule has 4 heteroatoms. The molecule has 8 atom stereocenters. The predicted octanol–water partition coefficient (Wildman–Crippen LogP) is 3.48. The topological polar surface area (TPSA) is 58.9 Å². The third-order valence-electron chi connectivity index (χ3n) is 9.83. The van der Waals surface area contributed by atoms with E-state index in [0.29, 0.717) is 36.0 Å². The minimum atomic E-state index is -1.48. The summed E-state index contributed by atoms with van der Waals surface area (Å²) in [5, 5.41) is 21.1. The molecule has 150 valence electrons. The first kappa shape index (κ1) is 17.4. The Balaban J connectivity index is 1.31. The van der Waals surface area contributed by atoms with Gasteiger partial charge in [0.05, 0.1) is 13.2 Å². The molecule has 5 fully saturated rings. The first-order valence-corrected chi connectivity index (χ1v) is 11.3. The molecule has 4 saturated carbocycles. The van der Waals surface area contributed by atoms with Crippen molar-refractivity contribution in [3.8, 4) is 0 Å². The highest BCUT2D eigenvalue weighted by molar-refractivity contribution is 5.28. The summed E-state index contributed by atoms with van der Waals surface area (Å²) < 4.78 is 12.5. The van der Waals surface area contributed by atoms with Gasteiger partial charge in [0.15, 0.2) is 11.6 Å². The van der Waals surface area contributed by atoms with Gasteiger partial charge in [0.25, 0.3) is 0 Å². The molecule has 0 amide bonds. The maximum atomic E-state index is 10.5. The van der Waals surface area contributed by atoms with Crippen LogP contribution in [-0.2, 0) is 9.47 Å². The van der Waals surface area contributed by atoms with Crippen LogP contribution in [0.15, 0.2) is 11.6 Å². The Morgan fingerprint density at radius 1 is 1.07 bits per heavy atom. The number of hydrogen-bond donors (Lipinski definition) is 2. The normalized spacial score (nSPS) is 54.4. The molecule has 0 radical (unpaired) electrons. The first-order chi connectivity index (χ1) is 12.9. The van der Waals surface area contributed by atoms with Crippen molar-refractivity contribution in [2.75, 3.05) is 13.2 Å². The second-order valence-electron chi connectivity index (χ2n) is 10.9. The Bertz CT molecular complexity index is 678. The molecule has 0 aromatic heterocycles. The Morgan fingerprint density at radius 3 is 2.63 bits per heavy atom. The molecule has 0 aromatic carbocycles. The molecule has 6 unspecified atom stereocenters. The Hall–Kier alpha value is -0.420. The van der Waals surface area contributed by atoms with Gasteiger partial charge >= 0.3 is 0 Å². The largest absolute Gasteiger partial charge is 0.365 e. The van der Waals surface area contributed by atoms with E-state index in [2.05, 4.69) is 19.9 Å². The quantitative estimate of drug-likeness (QED) is 0.503. The molecule has 1 aliphatic heterocycles. The molecule has 6 rings (SSSR count). The van der Waals surface area contributed by atoms with Gasteiger partial charge in [-0.05, 0) is 67.6 Å². The van der Waals surface area contributed by atoms with Crippen molar-refractivity contribution >= 4 is 0 Å². The Kier molecular flexibility index (Phi) is 3.48. The number of aliphatic hydroxyl groups is 2. The van der Waals surface area contributed by atoms with Gasteiger partial charge in [-0.2, -0.15) is 0 Å². The van der Waals surface area contributed by atoms with Gasteiger partial charge in [0, 0.05) is 24.2 Å². The molecule has 5 aliphatic carbocycles. The fourth-order valence-electron chi connectivity index (χ4n) is 8.50. The zero-order chi connectivity index (χ0) is 18.6. The van der Waals surface area contributed by atoms with Crippen molar-refractivity contribution < 1.29 is 19.7 Å². The third kappa shape index (κ3) is 2.19. The second-order valence-corrected chi connectivity index (χ2v) is 10.9. The lowest BCUT2D eigenvalue weighted by atomic mass is 9.63. The standard InChI is InChI=1S/C23H34O4/c1-13-9-17-16-5-3-15-11-22(24,25)20-12-21(20,2)19(15)10-14(16)4-6-18(17)23(13)26-7-8-27-23/h3,13-14,16-20,24-25H,4-12H2,1-2H3/t13?,14?,16?,17?,18?,19?,20-,21-/m0/s1. The molecule has 27 heavy (non-hydrogen) atoms. The monoisotopic (exact) mass is 374 g/mol. The fraction of sp³-hybridized carbons (Fsp3) is 0.913. The van der Waals surface area contributed by atoms with Crippen LogP contribution in [0.5, 0.6) is 0 Å². The van der Waals surface area contributed by atoms with Crippen molar-refractivity contribution in [2.24, 2.45) is 46.8 Å². The van der Waals surface area contributed by atoms with Crippen molar-refractivity contribution in [3.63, 3.8) is 0 Å². The van der Waals surface area contributed by atoms with Gasteiger partial charge in [0.1, 0.15) is 0 Å². The molecule has 6 aliphatic rings. The molecular formula is C23H34O4. The van der Waals surface area contributed by atoms with Gasteiger partial charge in [-0.15, -0.1) is 0 Å². The van der Waals surface area contributed by atoms with E-state index in [1.54, 1.807) is 0 Å². The van der Waals surface area contributed by atoms with E-state index in [1.165, 1.54) is 31.3 Å². The lowest BCUT2D eigenvalue weighted by Gasteiger charge is -2.45. The van der Waals surface area contributed by atoms with Crippen LogP contribution < -0.4 is 0 Å². The molecule has 0 aromatic rings. The SMILES string of the molecule is CC1CC2C3CC=C4CC(O)(O)[C@H]5C[C@@]5(C)C4CC3CCC2C12OCCO2.